The number of rotatable bonds is 3. The second-order valence-corrected chi connectivity index (χ2v) is 5.19. The highest BCUT2D eigenvalue weighted by Gasteiger charge is 2.36. The van der Waals surface area contributed by atoms with Gasteiger partial charge in [0.05, 0.1) is 0 Å². The van der Waals surface area contributed by atoms with E-state index < -0.39 is 0 Å². The smallest absolute Gasteiger partial charge is 0.133 e. The lowest BCUT2D eigenvalue weighted by Gasteiger charge is -2.41. The quantitative estimate of drug-likeness (QED) is 0.671. The summed E-state index contributed by atoms with van der Waals surface area (Å²) in [5.41, 5.74) is 0. The second kappa shape index (κ2) is 4.46. The third-order valence-electron chi connectivity index (χ3n) is 4.28. The molecule has 0 aromatic heterocycles. The predicted molar refractivity (Wildman–Crippen MR) is 58.1 cm³/mol. The molecule has 2 aliphatic carbocycles. The molecule has 14 heavy (non-hydrogen) atoms. The van der Waals surface area contributed by atoms with Gasteiger partial charge >= 0.3 is 0 Å². The van der Waals surface area contributed by atoms with Crippen molar-refractivity contribution in [2.24, 2.45) is 17.8 Å². The van der Waals surface area contributed by atoms with Crippen LogP contribution in [0.4, 0.5) is 0 Å². The predicted octanol–water partition coefficient (Wildman–Crippen LogP) is 3.57. The van der Waals surface area contributed by atoms with Crippen LogP contribution >= 0.6 is 0 Å². The lowest BCUT2D eigenvalue weighted by Crippen LogP contribution is -2.34. The molecule has 1 heteroatoms. The SMILES string of the molecule is CCCC1CCC(=O)CC1C1CCC1. The van der Waals surface area contributed by atoms with Gasteiger partial charge in [-0.2, -0.15) is 0 Å². The highest BCUT2D eigenvalue weighted by Crippen LogP contribution is 2.44. The van der Waals surface area contributed by atoms with Gasteiger partial charge in [-0.15, -0.1) is 0 Å². The zero-order chi connectivity index (χ0) is 9.97. The van der Waals surface area contributed by atoms with Crippen molar-refractivity contribution < 1.29 is 4.79 Å². The van der Waals surface area contributed by atoms with Gasteiger partial charge in [0, 0.05) is 12.8 Å². The molecule has 80 valence electrons. The second-order valence-electron chi connectivity index (χ2n) is 5.19. The largest absolute Gasteiger partial charge is 0.300 e. The van der Waals surface area contributed by atoms with Gasteiger partial charge in [-0.25, -0.2) is 0 Å². The Kier molecular flexibility index (Phi) is 3.25. The molecule has 2 saturated carbocycles. The van der Waals surface area contributed by atoms with E-state index in [0.717, 1.165) is 30.6 Å². The van der Waals surface area contributed by atoms with Crippen LogP contribution in [0.5, 0.6) is 0 Å². The van der Waals surface area contributed by atoms with Crippen LogP contribution in [0.15, 0.2) is 0 Å². The molecular weight excluding hydrogens is 172 g/mol. The molecule has 0 aliphatic heterocycles. The van der Waals surface area contributed by atoms with Crippen molar-refractivity contribution in [3.05, 3.63) is 0 Å². The molecule has 0 saturated heterocycles. The summed E-state index contributed by atoms with van der Waals surface area (Å²) in [6, 6.07) is 0. The van der Waals surface area contributed by atoms with Crippen molar-refractivity contribution in [2.45, 2.75) is 58.3 Å². The minimum Gasteiger partial charge on any atom is -0.300 e. The van der Waals surface area contributed by atoms with Gasteiger partial charge in [-0.05, 0) is 24.2 Å². The minimum absolute atomic E-state index is 0.536. The number of carbonyl (C=O) groups is 1. The molecule has 0 bridgehead atoms. The molecule has 2 fully saturated rings. The van der Waals surface area contributed by atoms with Crippen LogP contribution in [0.2, 0.25) is 0 Å². The van der Waals surface area contributed by atoms with Gasteiger partial charge in [-0.1, -0.05) is 39.0 Å². The van der Waals surface area contributed by atoms with Crippen LogP contribution in [-0.2, 0) is 4.79 Å². The van der Waals surface area contributed by atoms with Crippen LogP contribution in [0, 0.1) is 17.8 Å². The zero-order valence-electron chi connectivity index (χ0n) is 9.30. The molecule has 2 aliphatic rings. The average molecular weight is 194 g/mol. The highest BCUT2D eigenvalue weighted by molar-refractivity contribution is 5.79. The zero-order valence-corrected chi connectivity index (χ0v) is 9.30. The van der Waals surface area contributed by atoms with E-state index in [2.05, 4.69) is 6.92 Å². The Morgan fingerprint density at radius 3 is 2.64 bits per heavy atom. The molecule has 2 rings (SSSR count). The van der Waals surface area contributed by atoms with E-state index >= 15 is 0 Å². The van der Waals surface area contributed by atoms with Crippen molar-refractivity contribution in [3.63, 3.8) is 0 Å². The maximum absolute atomic E-state index is 11.5. The normalized spacial score (nSPS) is 34.2. The van der Waals surface area contributed by atoms with E-state index in [-0.39, 0.29) is 0 Å². The van der Waals surface area contributed by atoms with E-state index in [1.807, 2.05) is 0 Å². The van der Waals surface area contributed by atoms with Crippen molar-refractivity contribution in [3.8, 4) is 0 Å². The van der Waals surface area contributed by atoms with Crippen molar-refractivity contribution in [2.75, 3.05) is 0 Å². The Hall–Kier alpha value is -0.330. The number of carbonyl (C=O) groups excluding carboxylic acids is 1. The number of hydrogen-bond acceptors (Lipinski definition) is 1. The van der Waals surface area contributed by atoms with E-state index in [1.165, 1.54) is 38.5 Å². The average Bonchev–Trinajstić information content (AvgIpc) is 2.07. The first kappa shape index (κ1) is 10.2. The standard InChI is InChI=1S/C13H22O/c1-2-4-10-7-8-12(14)9-13(10)11-5-3-6-11/h10-11,13H,2-9H2,1H3. The summed E-state index contributed by atoms with van der Waals surface area (Å²) in [5.74, 6) is 3.10. The Morgan fingerprint density at radius 2 is 2.07 bits per heavy atom. The molecule has 0 aromatic carbocycles. The summed E-state index contributed by atoms with van der Waals surface area (Å²) in [6.45, 7) is 2.27. The molecule has 0 heterocycles. The Labute approximate surface area is 87.3 Å². The van der Waals surface area contributed by atoms with Crippen molar-refractivity contribution in [1.82, 2.24) is 0 Å². The summed E-state index contributed by atoms with van der Waals surface area (Å²) in [4.78, 5) is 11.5. The maximum Gasteiger partial charge on any atom is 0.133 e. The minimum atomic E-state index is 0.536. The molecule has 0 aromatic rings. The third-order valence-corrected chi connectivity index (χ3v) is 4.28. The van der Waals surface area contributed by atoms with E-state index in [1.54, 1.807) is 0 Å². The highest BCUT2D eigenvalue weighted by atomic mass is 16.1. The summed E-state index contributed by atoms with van der Waals surface area (Å²) >= 11 is 0. The summed E-state index contributed by atoms with van der Waals surface area (Å²) in [6.07, 6.45) is 9.83. The van der Waals surface area contributed by atoms with Gasteiger partial charge in [-0.3, -0.25) is 4.79 Å². The van der Waals surface area contributed by atoms with Gasteiger partial charge in [0.15, 0.2) is 0 Å². The Balaban J connectivity index is 1.95. The molecule has 0 N–H and O–H groups in total. The molecule has 0 spiro atoms. The maximum atomic E-state index is 11.5. The van der Waals surface area contributed by atoms with Crippen LogP contribution in [0.3, 0.4) is 0 Å². The fraction of sp³-hybridized carbons (Fsp3) is 0.923. The lowest BCUT2D eigenvalue weighted by molar-refractivity contribution is -0.124. The fourth-order valence-electron chi connectivity index (χ4n) is 3.24. The van der Waals surface area contributed by atoms with Crippen LogP contribution < -0.4 is 0 Å². The third kappa shape index (κ3) is 2.02. The summed E-state index contributed by atoms with van der Waals surface area (Å²) in [5, 5.41) is 0. The number of ketones is 1. The van der Waals surface area contributed by atoms with Gasteiger partial charge in [0.1, 0.15) is 5.78 Å². The molecule has 2 unspecified atom stereocenters. The van der Waals surface area contributed by atoms with Gasteiger partial charge in [0.25, 0.3) is 0 Å². The first-order valence-electron chi connectivity index (χ1n) is 6.33. The van der Waals surface area contributed by atoms with E-state index in [0.29, 0.717) is 5.78 Å². The topological polar surface area (TPSA) is 17.1 Å². The summed E-state index contributed by atoms with van der Waals surface area (Å²) in [7, 11) is 0. The number of Topliss-reactive ketones (excluding diaryl/α,β-unsaturated/α-hetero) is 1. The van der Waals surface area contributed by atoms with E-state index in [9.17, 15) is 4.79 Å². The van der Waals surface area contributed by atoms with Crippen LogP contribution in [-0.4, -0.2) is 5.78 Å². The molecule has 1 nitrogen and oxygen atoms in total. The Bertz CT molecular complexity index is 205. The summed E-state index contributed by atoms with van der Waals surface area (Å²) < 4.78 is 0. The lowest BCUT2D eigenvalue weighted by atomic mass is 9.64. The fourth-order valence-corrected chi connectivity index (χ4v) is 3.24. The molecule has 0 radical (unpaired) electrons. The molecule has 0 amide bonds. The molecule has 2 atom stereocenters. The van der Waals surface area contributed by atoms with Crippen LogP contribution in [0.1, 0.15) is 58.3 Å². The molecular formula is C13H22O. The van der Waals surface area contributed by atoms with E-state index in [4.69, 9.17) is 0 Å². The Morgan fingerprint density at radius 1 is 1.29 bits per heavy atom. The van der Waals surface area contributed by atoms with Gasteiger partial charge < -0.3 is 0 Å². The van der Waals surface area contributed by atoms with Crippen LogP contribution in [0.25, 0.3) is 0 Å². The number of hydrogen-bond donors (Lipinski definition) is 0. The van der Waals surface area contributed by atoms with Crippen molar-refractivity contribution >= 4 is 5.78 Å². The first-order chi connectivity index (χ1) is 6.81. The van der Waals surface area contributed by atoms with Gasteiger partial charge in [0.2, 0.25) is 0 Å². The van der Waals surface area contributed by atoms with Crippen molar-refractivity contribution in [1.29, 1.82) is 0 Å². The monoisotopic (exact) mass is 194 g/mol. The first-order valence-corrected chi connectivity index (χ1v) is 6.33.